The molecule has 0 aliphatic rings. The van der Waals surface area contributed by atoms with Crippen molar-refractivity contribution in [2.24, 2.45) is 0 Å². The molecule has 0 aliphatic carbocycles. The van der Waals surface area contributed by atoms with Gasteiger partial charge in [-0.2, -0.15) is 0 Å². The molecule has 0 fully saturated rings. The Balaban J connectivity index is 0.000000170. The summed E-state index contributed by atoms with van der Waals surface area (Å²) >= 11 is 1.84. The largest absolute Gasteiger partial charge is 0.467 e. The van der Waals surface area contributed by atoms with Gasteiger partial charge in [-0.25, -0.2) is 19.9 Å². The summed E-state index contributed by atoms with van der Waals surface area (Å²) in [4.78, 5) is 19.6. The lowest BCUT2D eigenvalue weighted by molar-refractivity contribution is 0.504. The van der Waals surface area contributed by atoms with Crippen LogP contribution in [-0.2, 0) is 0 Å². The van der Waals surface area contributed by atoms with E-state index in [1.54, 1.807) is 0 Å². The first-order chi connectivity index (χ1) is 24.7. The van der Waals surface area contributed by atoms with Gasteiger partial charge in [0.05, 0.1) is 11.4 Å². The molecule has 0 aliphatic heterocycles. The van der Waals surface area contributed by atoms with Gasteiger partial charge < -0.3 is 4.42 Å². The summed E-state index contributed by atoms with van der Waals surface area (Å²) in [6.45, 7) is 24.5. The fourth-order valence-electron chi connectivity index (χ4n) is 4.77. The second kappa shape index (κ2) is 20.5. The molecule has 8 heteroatoms. The minimum atomic E-state index is 0.771. The molecule has 0 bridgehead atoms. The summed E-state index contributed by atoms with van der Waals surface area (Å²) in [5.41, 5.74) is 9.57. The highest BCUT2D eigenvalue weighted by Gasteiger charge is 1.98. The number of thiophene rings is 1. The van der Waals surface area contributed by atoms with Crippen molar-refractivity contribution in [1.29, 1.82) is 0 Å². The Morgan fingerprint density at radius 3 is 1.44 bits per heavy atom. The zero-order chi connectivity index (χ0) is 38.2. The minimum Gasteiger partial charge on any atom is -0.467 e. The van der Waals surface area contributed by atoms with Crippen LogP contribution in [0.4, 0.5) is 0 Å². The highest BCUT2D eigenvalue weighted by Crippen LogP contribution is 2.12. The van der Waals surface area contributed by atoms with Crippen LogP contribution < -0.4 is 0 Å². The van der Waals surface area contributed by atoms with Gasteiger partial charge >= 0.3 is 0 Å². The van der Waals surface area contributed by atoms with Crippen LogP contribution in [0.1, 0.15) is 66.2 Å². The predicted molar refractivity (Wildman–Crippen MR) is 219 cm³/mol. The van der Waals surface area contributed by atoms with Gasteiger partial charge in [-0.05, 0) is 130 Å². The molecular weight excluding hydrogens is 661 g/mol. The maximum absolute atomic E-state index is 5.08. The number of nitrogens with zero attached hydrogens (tertiary/aromatic N) is 6. The van der Waals surface area contributed by atoms with Crippen molar-refractivity contribution in [3.63, 3.8) is 0 Å². The van der Waals surface area contributed by atoms with E-state index in [1.165, 1.54) is 32.0 Å². The van der Waals surface area contributed by atoms with Crippen molar-refractivity contribution in [2.75, 3.05) is 0 Å². The molecule has 0 N–H and O–H groups in total. The maximum Gasteiger partial charge on any atom is 0.234 e. The third-order valence-electron chi connectivity index (χ3n) is 7.49. The van der Waals surface area contributed by atoms with Crippen molar-refractivity contribution >= 4 is 22.9 Å². The van der Waals surface area contributed by atoms with Crippen LogP contribution in [0, 0.1) is 83.1 Å². The minimum absolute atomic E-state index is 0.771. The van der Waals surface area contributed by atoms with Crippen LogP contribution in [-0.4, -0.2) is 28.7 Å². The molecule has 0 amide bonds. The normalized spacial score (nSPS) is 9.92. The third kappa shape index (κ3) is 14.9. The Labute approximate surface area is 314 Å². The monoisotopic (exact) mass is 714 g/mol. The van der Waals surface area contributed by atoms with Crippen LogP contribution in [0.25, 0.3) is 11.6 Å². The summed E-state index contributed by atoms with van der Waals surface area (Å²) in [6, 6.07) is 27.0. The van der Waals surface area contributed by atoms with Crippen molar-refractivity contribution < 1.29 is 4.42 Å². The molecule has 8 rings (SSSR count). The summed E-state index contributed by atoms with van der Waals surface area (Å²) in [7, 11) is 0. The molecule has 7 nitrogen and oxygen atoms in total. The number of imidazole rings is 2. The first kappa shape index (κ1) is 41.1. The molecule has 2 aromatic carbocycles. The molecule has 0 unspecified atom stereocenters. The highest BCUT2D eigenvalue weighted by atomic mass is 32.1. The lowest BCUT2D eigenvalue weighted by Crippen LogP contribution is -1.88. The van der Waals surface area contributed by atoms with E-state index in [4.69, 9.17) is 4.42 Å². The standard InChI is InChI=1S/2C8H9N3.2C8H10.C6H8O.C6H8S/c1-6-3-9-8-10-7(2)5-11(8)4-6;1-6-3-4-11-5-7(2)10-8(11)9-6;1-7-4-3-5-8(2)6-7;1-7-5-3-4-6-8(7)2;2*1-5-3-4-6(2)7-5/h2*3-5H,1-2H3;2*3-6H,1-2H3;2*3-4H,1-2H3. The van der Waals surface area contributed by atoms with E-state index in [1.807, 2.05) is 111 Å². The van der Waals surface area contributed by atoms with E-state index in [9.17, 15) is 0 Å². The fourth-order valence-corrected chi connectivity index (χ4v) is 5.55. The lowest BCUT2D eigenvalue weighted by Gasteiger charge is -1.93. The molecular formula is C44H54N6OS. The Bertz CT molecular complexity index is 2070. The topological polar surface area (TPSA) is 73.5 Å². The maximum atomic E-state index is 5.08. The average Bonchev–Trinajstić information content (AvgIpc) is 3.86. The van der Waals surface area contributed by atoms with Gasteiger partial charge in [-0.3, -0.25) is 8.80 Å². The van der Waals surface area contributed by atoms with Crippen molar-refractivity contribution in [1.82, 2.24) is 28.7 Å². The predicted octanol–water partition coefficient (Wildman–Crippen LogP) is 11.6. The highest BCUT2D eigenvalue weighted by molar-refractivity contribution is 7.11. The van der Waals surface area contributed by atoms with Crippen molar-refractivity contribution in [3.05, 3.63) is 176 Å². The zero-order valence-corrected chi connectivity index (χ0v) is 33.7. The third-order valence-corrected chi connectivity index (χ3v) is 8.41. The van der Waals surface area contributed by atoms with Crippen molar-refractivity contribution in [3.8, 4) is 0 Å². The number of aromatic nitrogens is 6. The van der Waals surface area contributed by atoms with Crippen molar-refractivity contribution in [2.45, 2.75) is 83.1 Å². The Hall–Kier alpha value is -5.34. The van der Waals surface area contributed by atoms with E-state index in [2.05, 4.69) is 122 Å². The number of aryl methyl sites for hydroxylation is 12. The number of hydrogen-bond donors (Lipinski definition) is 0. The lowest BCUT2D eigenvalue weighted by atomic mass is 10.1. The number of benzene rings is 2. The smallest absolute Gasteiger partial charge is 0.234 e. The molecule has 6 heterocycles. The Morgan fingerprint density at radius 2 is 1.00 bits per heavy atom. The van der Waals surface area contributed by atoms with E-state index in [0.717, 1.165) is 45.7 Å². The SMILES string of the molecule is Cc1ccc(C)o1.Cc1ccc(C)s1.Cc1cccc(C)c1.Cc1ccccc1C.Cc1ccn2cc(C)nc2n1.Cc1cnc2nc(C)cn2c1. The molecule has 0 spiro atoms. The number of fused-ring (bicyclic) bond motifs is 2. The molecule has 6 aromatic heterocycles. The van der Waals surface area contributed by atoms with Gasteiger partial charge in [0.1, 0.15) is 11.5 Å². The van der Waals surface area contributed by atoms with E-state index in [0.29, 0.717) is 0 Å². The van der Waals surface area contributed by atoms with Crippen LogP contribution in [0.5, 0.6) is 0 Å². The first-order valence-corrected chi connectivity index (χ1v) is 18.2. The van der Waals surface area contributed by atoms with Crippen LogP contribution in [0.2, 0.25) is 0 Å². The number of furan rings is 1. The Morgan fingerprint density at radius 1 is 0.481 bits per heavy atom. The fraction of sp³-hybridized carbons (Fsp3) is 0.273. The van der Waals surface area contributed by atoms with E-state index < -0.39 is 0 Å². The molecule has 0 saturated carbocycles. The molecule has 0 saturated heterocycles. The van der Waals surface area contributed by atoms with Gasteiger partial charge in [-0.15, -0.1) is 11.3 Å². The molecule has 8 aromatic rings. The van der Waals surface area contributed by atoms with E-state index in [-0.39, 0.29) is 0 Å². The zero-order valence-electron chi connectivity index (χ0n) is 32.9. The van der Waals surface area contributed by atoms with Crippen LogP contribution in [0.15, 0.2) is 114 Å². The van der Waals surface area contributed by atoms with Gasteiger partial charge in [0.25, 0.3) is 0 Å². The molecule has 0 radical (unpaired) electrons. The second-order valence-electron chi connectivity index (χ2n) is 12.9. The van der Waals surface area contributed by atoms with Gasteiger partial charge in [-0.1, -0.05) is 59.7 Å². The summed E-state index contributed by atoms with van der Waals surface area (Å²) < 4.78 is 8.94. The molecule has 0 atom stereocenters. The Kier molecular flexibility index (Phi) is 16.2. The summed E-state index contributed by atoms with van der Waals surface area (Å²) in [5, 5.41) is 0. The van der Waals surface area contributed by atoms with Gasteiger partial charge in [0.2, 0.25) is 11.6 Å². The van der Waals surface area contributed by atoms with Gasteiger partial charge in [0, 0.05) is 46.4 Å². The number of rotatable bonds is 0. The van der Waals surface area contributed by atoms with Crippen LogP contribution >= 0.6 is 11.3 Å². The second-order valence-corrected chi connectivity index (χ2v) is 14.4. The van der Waals surface area contributed by atoms with Gasteiger partial charge in [0.15, 0.2) is 0 Å². The summed E-state index contributed by atoms with van der Waals surface area (Å²) in [5.74, 6) is 3.52. The molecule has 52 heavy (non-hydrogen) atoms. The first-order valence-electron chi connectivity index (χ1n) is 17.4. The van der Waals surface area contributed by atoms with Crippen LogP contribution in [0.3, 0.4) is 0 Å². The van der Waals surface area contributed by atoms with E-state index >= 15 is 0 Å². The average molecular weight is 715 g/mol. The number of hydrogen-bond acceptors (Lipinski definition) is 6. The summed E-state index contributed by atoms with van der Waals surface area (Å²) in [6.07, 6.45) is 9.74. The quantitative estimate of drug-likeness (QED) is 0.156. The molecule has 272 valence electrons.